The van der Waals surface area contributed by atoms with Crippen molar-refractivity contribution in [2.45, 2.75) is 13.8 Å². The number of nitrogens with one attached hydrogen (secondary N) is 1. The first kappa shape index (κ1) is 15.0. The van der Waals surface area contributed by atoms with Gasteiger partial charge in [-0.25, -0.2) is 0 Å². The standard InChI is InChI=1S/C20H19N3/c1-13-4-3-5-16(8-13)20-18(9-14(2)12-23-20)15-6-7-19(22)17(10-15)11-21/h3-12,21H,22H2,1-2H3. The zero-order chi connectivity index (χ0) is 16.4. The molecule has 0 aliphatic heterocycles. The van der Waals surface area contributed by atoms with E-state index in [0.29, 0.717) is 5.69 Å². The smallest absolute Gasteiger partial charge is 0.0780 e. The molecular formula is C20H19N3. The molecule has 0 saturated carbocycles. The molecule has 0 radical (unpaired) electrons. The summed E-state index contributed by atoms with van der Waals surface area (Å²) in [4.78, 5) is 4.66. The second kappa shape index (κ2) is 6.05. The quantitative estimate of drug-likeness (QED) is 0.548. The fourth-order valence-corrected chi connectivity index (χ4v) is 2.68. The number of hydrogen-bond donors (Lipinski definition) is 2. The number of benzene rings is 2. The summed E-state index contributed by atoms with van der Waals surface area (Å²) in [7, 11) is 0. The molecule has 3 heteroatoms. The predicted octanol–water partition coefficient (Wildman–Crippen LogP) is 4.61. The normalized spacial score (nSPS) is 10.5. The summed E-state index contributed by atoms with van der Waals surface area (Å²) in [6, 6.07) is 16.2. The van der Waals surface area contributed by atoms with E-state index in [2.05, 4.69) is 36.2 Å². The number of hydrogen-bond acceptors (Lipinski definition) is 3. The van der Waals surface area contributed by atoms with Crippen LogP contribution < -0.4 is 5.73 Å². The van der Waals surface area contributed by atoms with Gasteiger partial charge in [0.1, 0.15) is 0 Å². The minimum Gasteiger partial charge on any atom is -0.398 e. The Bertz CT molecular complexity index is 882. The van der Waals surface area contributed by atoms with Gasteiger partial charge in [0.05, 0.1) is 5.69 Å². The monoisotopic (exact) mass is 301 g/mol. The Hall–Kier alpha value is -2.94. The molecule has 0 fully saturated rings. The molecule has 0 aliphatic carbocycles. The highest BCUT2D eigenvalue weighted by molar-refractivity contribution is 5.90. The number of nitrogen functional groups attached to an aromatic ring is 1. The average molecular weight is 301 g/mol. The molecule has 0 saturated heterocycles. The van der Waals surface area contributed by atoms with Gasteiger partial charge in [0.2, 0.25) is 0 Å². The molecule has 0 bridgehead atoms. The first-order chi connectivity index (χ1) is 11.1. The van der Waals surface area contributed by atoms with Crippen LogP contribution in [0.1, 0.15) is 16.7 Å². The molecule has 23 heavy (non-hydrogen) atoms. The summed E-state index contributed by atoms with van der Waals surface area (Å²) in [6.07, 6.45) is 3.17. The minimum atomic E-state index is 0.612. The van der Waals surface area contributed by atoms with Crippen molar-refractivity contribution >= 4 is 11.9 Å². The molecule has 3 aromatic rings. The van der Waals surface area contributed by atoms with Gasteiger partial charge in [-0.1, -0.05) is 29.8 Å². The molecule has 1 aromatic heterocycles. The van der Waals surface area contributed by atoms with E-state index >= 15 is 0 Å². The lowest BCUT2D eigenvalue weighted by Gasteiger charge is -2.12. The molecule has 0 aliphatic rings. The lowest BCUT2D eigenvalue weighted by atomic mass is 9.96. The highest BCUT2D eigenvalue weighted by Crippen LogP contribution is 2.32. The molecule has 3 rings (SSSR count). The Morgan fingerprint density at radius 2 is 1.78 bits per heavy atom. The summed E-state index contributed by atoms with van der Waals surface area (Å²) >= 11 is 0. The molecule has 3 N–H and O–H groups in total. The van der Waals surface area contributed by atoms with Crippen LogP contribution in [-0.2, 0) is 0 Å². The first-order valence-electron chi connectivity index (χ1n) is 7.52. The average Bonchev–Trinajstić information content (AvgIpc) is 2.55. The maximum Gasteiger partial charge on any atom is 0.0780 e. The predicted molar refractivity (Wildman–Crippen MR) is 96.9 cm³/mol. The highest BCUT2D eigenvalue weighted by Gasteiger charge is 2.11. The number of nitrogens with two attached hydrogens (primary N) is 1. The van der Waals surface area contributed by atoms with Crippen LogP contribution in [0.5, 0.6) is 0 Å². The third kappa shape index (κ3) is 2.99. The van der Waals surface area contributed by atoms with E-state index in [4.69, 9.17) is 11.1 Å². The number of nitrogens with zero attached hydrogens (tertiary/aromatic N) is 1. The van der Waals surface area contributed by atoms with Crippen molar-refractivity contribution in [2.75, 3.05) is 5.73 Å². The molecule has 1 heterocycles. The molecule has 0 amide bonds. The third-order valence-electron chi connectivity index (χ3n) is 3.87. The second-order valence-corrected chi connectivity index (χ2v) is 5.77. The number of aryl methyl sites for hydroxylation is 2. The van der Waals surface area contributed by atoms with E-state index < -0.39 is 0 Å². The van der Waals surface area contributed by atoms with E-state index in [0.717, 1.165) is 33.5 Å². The van der Waals surface area contributed by atoms with Gasteiger partial charge in [-0.15, -0.1) is 0 Å². The Balaban J connectivity index is 2.23. The first-order valence-corrected chi connectivity index (χ1v) is 7.52. The maximum atomic E-state index is 7.51. The Morgan fingerprint density at radius 3 is 2.52 bits per heavy atom. The van der Waals surface area contributed by atoms with Crippen LogP contribution in [-0.4, -0.2) is 11.2 Å². The van der Waals surface area contributed by atoms with Crippen LogP contribution in [0.4, 0.5) is 5.69 Å². The molecule has 114 valence electrons. The van der Waals surface area contributed by atoms with Crippen molar-refractivity contribution in [3.05, 3.63) is 71.4 Å². The maximum absolute atomic E-state index is 7.51. The van der Waals surface area contributed by atoms with Gasteiger partial charge in [-0.3, -0.25) is 4.98 Å². The molecule has 2 aromatic carbocycles. The van der Waals surface area contributed by atoms with Gasteiger partial charge in [0.25, 0.3) is 0 Å². The van der Waals surface area contributed by atoms with E-state index in [1.165, 1.54) is 11.8 Å². The number of rotatable bonds is 3. The van der Waals surface area contributed by atoms with Crippen molar-refractivity contribution in [2.24, 2.45) is 0 Å². The van der Waals surface area contributed by atoms with Gasteiger partial charge in [-0.05, 0) is 49.2 Å². The molecular weight excluding hydrogens is 282 g/mol. The van der Waals surface area contributed by atoms with Crippen molar-refractivity contribution in [3.8, 4) is 22.4 Å². The van der Waals surface area contributed by atoms with Gasteiger partial charge in [0.15, 0.2) is 0 Å². The Labute approximate surface area is 136 Å². The van der Waals surface area contributed by atoms with Crippen molar-refractivity contribution in [1.82, 2.24) is 4.98 Å². The van der Waals surface area contributed by atoms with Crippen molar-refractivity contribution in [3.63, 3.8) is 0 Å². The summed E-state index contributed by atoms with van der Waals surface area (Å²) in [6.45, 7) is 4.11. The van der Waals surface area contributed by atoms with E-state index in [1.54, 1.807) is 0 Å². The minimum absolute atomic E-state index is 0.612. The third-order valence-corrected chi connectivity index (χ3v) is 3.87. The fourth-order valence-electron chi connectivity index (χ4n) is 2.68. The fraction of sp³-hybridized carbons (Fsp3) is 0.100. The lowest BCUT2D eigenvalue weighted by molar-refractivity contribution is 1.27. The van der Waals surface area contributed by atoms with Crippen LogP contribution in [0.25, 0.3) is 22.4 Å². The van der Waals surface area contributed by atoms with Gasteiger partial charge in [0, 0.05) is 34.8 Å². The molecule has 0 unspecified atom stereocenters. The number of pyridine rings is 1. The van der Waals surface area contributed by atoms with Crippen LogP contribution >= 0.6 is 0 Å². The molecule has 3 nitrogen and oxygen atoms in total. The van der Waals surface area contributed by atoms with Gasteiger partial charge in [-0.2, -0.15) is 0 Å². The number of aromatic nitrogens is 1. The van der Waals surface area contributed by atoms with Crippen LogP contribution in [0.15, 0.2) is 54.7 Å². The SMILES string of the molecule is Cc1cccc(-c2ncc(C)cc2-c2ccc(N)c(C=N)c2)c1. The van der Waals surface area contributed by atoms with Crippen molar-refractivity contribution < 1.29 is 0 Å². The van der Waals surface area contributed by atoms with E-state index in [9.17, 15) is 0 Å². The van der Waals surface area contributed by atoms with Gasteiger partial charge >= 0.3 is 0 Å². The van der Waals surface area contributed by atoms with Crippen LogP contribution in [0.2, 0.25) is 0 Å². The summed E-state index contributed by atoms with van der Waals surface area (Å²) in [5.41, 5.74) is 13.7. The Morgan fingerprint density at radius 1 is 0.957 bits per heavy atom. The largest absolute Gasteiger partial charge is 0.398 e. The zero-order valence-corrected chi connectivity index (χ0v) is 13.3. The van der Waals surface area contributed by atoms with E-state index in [1.807, 2.05) is 37.4 Å². The van der Waals surface area contributed by atoms with E-state index in [-0.39, 0.29) is 0 Å². The van der Waals surface area contributed by atoms with Crippen LogP contribution in [0.3, 0.4) is 0 Å². The van der Waals surface area contributed by atoms with Crippen LogP contribution in [0, 0.1) is 19.3 Å². The topological polar surface area (TPSA) is 62.8 Å². The van der Waals surface area contributed by atoms with Crippen molar-refractivity contribution in [1.29, 1.82) is 5.41 Å². The Kier molecular flexibility index (Phi) is 3.94. The molecule has 0 atom stereocenters. The van der Waals surface area contributed by atoms with Gasteiger partial charge < -0.3 is 11.1 Å². The highest BCUT2D eigenvalue weighted by atomic mass is 14.7. The second-order valence-electron chi connectivity index (χ2n) is 5.77. The summed E-state index contributed by atoms with van der Waals surface area (Å²) in [5, 5.41) is 7.51. The summed E-state index contributed by atoms with van der Waals surface area (Å²) in [5.74, 6) is 0. The lowest BCUT2D eigenvalue weighted by Crippen LogP contribution is -1.95. The summed E-state index contributed by atoms with van der Waals surface area (Å²) < 4.78 is 0. The molecule has 0 spiro atoms. The zero-order valence-electron chi connectivity index (χ0n) is 13.3. The number of anilines is 1.